The molecule has 0 unspecified atom stereocenters. The first kappa shape index (κ1) is 21.6. The Labute approximate surface area is 188 Å². The highest BCUT2D eigenvalue weighted by Gasteiger charge is 2.34. The molecule has 31 heavy (non-hydrogen) atoms. The summed E-state index contributed by atoms with van der Waals surface area (Å²) >= 11 is 6.65. The average Bonchev–Trinajstić information content (AvgIpc) is 3.26. The number of halogens is 1. The van der Waals surface area contributed by atoms with Crippen LogP contribution in [0.2, 0.25) is 5.02 Å². The van der Waals surface area contributed by atoms with E-state index in [1.165, 1.54) is 5.69 Å². The molecule has 0 saturated carbocycles. The lowest BCUT2D eigenvalue weighted by Gasteiger charge is -2.40. The van der Waals surface area contributed by atoms with Crippen LogP contribution in [-0.2, 0) is 5.54 Å². The Bertz CT molecular complexity index is 1010. The maximum Gasteiger partial charge on any atom is 0.173 e. The van der Waals surface area contributed by atoms with Crippen LogP contribution in [0.1, 0.15) is 38.2 Å². The van der Waals surface area contributed by atoms with Crippen molar-refractivity contribution >= 4 is 17.3 Å². The molecular weight excluding hydrogens is 412 g/mol. The number of rotatable bonds is 5. The summed E-state index contributed by atoms with van der Waals surface area (Å²) in [6.45, 7) is 9.89. The van der Waals surface area contributed by atoms with Crippen LogP contribution in [0.4, 0.5) is 5.69 Å². The third-order valence-corrected chi connectivity index (χ3v) is 6.03. The van der Waals surface area contributed by atoms with Crippen LogP contribution in [0.3, 0.4) is 0 Å². The second-order valence-corrected chi connectivity index (χ2v) is 9.17. The number of aromatic nitrogens is 4. The Morgan fingerprint density at radius 2 is 1.65 bits per heavy atom. The number of anilines is 1. The molecule has 2 aromatic carbocycles. The topological polar surface area (TPSA) is 59.3 Å². The molecule has 0 radical (unpaired) electrons. The minimum absolute atomic E-state index is 0.110. The second kappa shape index (κ2) is 8.85. The SMILES string of the molecule is COc1ccc(N2CCN([C@@H](c3ccccc3Cl)c3nnnn3C(C)(C)C)CC2)cc1. The summed E-state index contributed by atoms with van der Waals surface area (Å²) in [7, 11) is 1.69. The highest BCUT2D eigenvalue weighted by Crippen LogP contribution is 2.34. The molecule has 7 nitrogen and oxygen atoms in total. The number of ether oxygens (including phenoxy) is 1. The van der Waals surface area contributed by atoms with Crippen molar-refractivity contribution in [2.24, 2.45) is 0 Å². The fourth-order valence-corrected chi connectivity index (χ4v) is 4.31. The van der Waals surface area contributed by atoms with E-state index < -0.39 is 0 Å². The van der Waals surface area contributed by atoms with Gasteiger partial charge in [0, 0.05) is 36.9 Å². The summed E-state index contributed by atoms with van der Waals surface area (Å²) in [6.07, 6.45) is 0. The summed E-state index contributed by atoms with van der Waals surface area (Å²) in [6, 6.07) is 16.1. The monoisotopic (exact) mass is 440 g/mol. The van der Waals surface area contributed by atoms with Crippen molar-refractivity contribution in [1.82, 2.24) is 25.1 Å². The fourth-order valence-electron chi connectivity index (χ4n) is 4.07. The summed E-state index contributed by atoms with van der Waals surface area (Å²) in [5.74, 6) is 1.69. The van der Waals surface area contributed by atoms with Crippen LogP contribution < -0.4 is 9.64 Å². The van der Waals surface area contributed by atoms with Gasteiger partial charge in [0.1, 0.15) is 5.75 Å². The Hall–Kier alpha value is -2.64. The Morgan fingerprint density at radius 1 is 0.968 bits per heavy atom. The summed E-state index contributed by atoms with van der Waals surface area (Å²) in [5, 5.41) is 13.5. The van der Waals surface area contributed by atoms with E-state index in [2.05, 4.69) is 64.3 Å². The number of tetrazole rings is 1. The van der Waals surface area contributed by atoms with Gasteiger partial charge in [-0.3, -0.25) is 4.90 Å². The van der Waals surface area contributed by atoms with Gasteiger partial charge in [-0.05, 0) is 67.1 Å². The van der Waals surface area contributed by atoms with Gasteiger partial charge < -0.3 is 9.64 Å². The minimum atomic E-state index is -0.233. The van der Waals surface area contributed by atoms with E-state index in [0.29, 0.717) is 0 Å². The zero-order valence-corrected chi connectivity index (χ0v) is 19.3. The lowest BCUT2D eigenvalue weighted by atomic mass is 10.0. The van der Waals surface area contributed by atoms with E-state index in [4.69, 9.17) is 16.3 Å². The van der Waals surface area contributed by atoms with Gasteiger partial charge in [0.05, 0.1) is 18.7 Å². The molecule has 0 aliphatic carbocycles. The number of nitrogens with zero attached hydrogens (tertiary/aromatic N) is 6. The van der Waals surface area contributed by atoms with Crippen LogP contribution in [0, 0.1) is 0 Å². The normalized spacial score (nSPS) is 16.4. The molecule has 164 valence electrons. The molecule has 0 amide bonds. The van der Waals surface area contributed by atoms with Gasteiger partial charge in [-0.2, -0.15) is 0 Å². The zero-order valence-electron chi connectivity index (χ0n) is 18.5. The predicted octanol–water partition coefficient (Wildman–Crippen LogP) is 4.00. The van der Waals surface area contributed by atoms with Crippen molar-refractivity contribution in [3.8, 4) is 5.75 Å². The van der Waals surface area contributed by atoms with E-state index in [1.54, 1.807) is 7.11 Å². The van der Waals surface area contributed by atoms with Crippen molar-refractivity contribution in [2.75, 3.05) is 38.2 Å². The standard InChI is InChI=1S/C23H29ClN6O/c1-23(2,3)30-22(25-26-27-30)21(19-7-5-6-8-20(19)24)29-15-13-28(14-16-29)17-9-11-18(31-4)12-10-17/h5-12,21H,13-16H2,1-4H3/t21-/m0/s1. The second-order valence-electron chi connectivity index (χ2n) is 8.76. The highest BCUT2D eigenvalue weighted by atomic mass is 35.5. The van der Waals surface area contributed by atoms with Gasteiger partial charge in [-0.1, -0.05) is 29.8 Å². The molecular formula is C23H29ClN6O. The smallest absolute Gasteiger partial charge is 0.173 e. The zero-order chi connectivity index (χ0) is 22.0. The Balaban J connectivity index is 1.62. The third-order valence-electron chi connectivity index (χ3n) is 5.69. The van der Waals surface area contributed by atoms with Crippen LogP contribution >= 0.6 is 11.6 Å². The third kappa shape index (κ3) is 4.52. The number of hydrogen-bond donors (Lipinski definition) is 0. The van der Waals surface area contributed by atoms with Crippen molar-refractivity contribution in [2.45, 2.75) is 32.4 Å². The molecule has 0 bridgehead atoms. The van der Waals surface area contributed by atoms with Crippen LogP contribution in [0.25, 0.3) is 0 Å². The quantitative estimate of drug-likeness (QED) is 0.597. The molecule has 0 N–H and O–H groups in total. The maximum atomic E-state index is 6.65. The Kier molecular flexibility index (Phi) is 6.16. The van der Waals surface area contributed by atoms with Crippen molar-refractivity contribution in [3.05, 3.63) is 64.9 Å². The van der Waals surface area contributed by atoms with E-state index >= 15 is 0 Å². The highest BCUT2D eigenvalue weighted by molar-refractivity contribution is 6.31. The molecule has 1 fully saturated rings. The first-order valence-corrected chi connectivity index (χ1v) is 10.9. The van der Waals surface area contributed by atoms with Gasteiger partial charge in [-0.15, -0.1) is 5.10 Å². The number of hydrogen-bond acceptors (Lipinski definition) is 6. The first-order valence-electron chi connectivity index (χ1n) is 10.5. The largest absolute Gasteiger partial charge is 0.497 e. The van der Waals surface area contributed by atoms with Crippen molar-refractivity contribution in [3.63, 3.8) is 0 Å². The number of piperazine rings is 1. The molecule has 8 heteroatoms. The van der Waals surface area contributed by atoms with Gasteiger partial charge >= 0.3 is 0 Å². The maximum absolute atomic E-state index is 6.65. The van der Waals surface area contributed by atoms with E-state index in [0.717, 1.165) is 48.3 Å². The molecule has 1 saturated heterocycles. The lowest BCUT2D eigenvalue weighted by molar-refractivity contribution is 0.191. The predicted molar refractivity (Wildman–Crippen MR) is 123 cm³/mol. The van der Waals surface area contributed by atoms with Crippen LogP contribution in [0.5, 0.6) is 5.75 Å². The molecule has 2 heterocycles. The molecule has 1 aromatic heterocycles. The van der Waals surface area contributed by atoms with E-state index in [9.17, 15) is 0 Å². The summed E-state index contributed by atoms with van der Waals surface area (Å²) in [4.78, 5) is 4.82. The summed E-state index contributed by atoms with van der Waals surface area (Å²) < 4.78 is 7.20. The molecule has 1 aliphatic rings. The van der Waals surface area contributed by atoms with Gasteiger partial charge in [0.2, 0.25) is 0 Å². The van der Waals surface area contributed by atoms with Gasteiger partial charge in [0.15, 0.2) is 5.82 Å². The molecule has 0 spiro atoms. The van der Waals surface area contributed by atoms with E-state index in [-0.39, 0.29) is 11.6 Å². The molecule has 4 rings (SSSR count). The molecule has 3 aromatic rings. The average molecular weight is 441 g/mol. The van der Waals surface area contributed by atoms with Crippen LogP contribution in [-0.4, -0.2) is 58.4 Å². The van der Waals surface area contributed by atoms with Crippen LogP contribution in [0.15, 0.2) is 48.5 Å². The van der Waals surface area contributed by atoms with Gasteiger partial charge in [0.25, 0.3) is 0 Å². The lowest BCUT2D eigenvalue weighted by Crippen LogP contribution is -2.48. The van der Waals surface area contributed by atoms with Gasteiger partial charge in [-0.25, -0.2) is 4.68 Å². The summed E-state index contributed by atoms with van der Waals surface area (Å²) in [5.41, 5.74) is 2.00. The molecule has 1 atom stereocenters. The molecule has 1 aliphatic heterocycles. The van der Waals surface area contributed by atoms with Crippen molar-refractivity contribution < 1.29 is 4.74 Å². The van der Waals surface area contributed by atoms with Crippen molar-refractivity contribution in [1.29, 1.82) is 0 Å². The number of benzene rings is 2. The fraction of sp³-hybridized carbons (Fsp3) is 0.435. The van der Waals surface area contributed by atoms with E-state index in [1.807, 2.05) is 35.0 Å². The minimum Gasteiger partial charge on any atom is -0.497 e. The Morgan fingerprint density at radius 3 is 2.26 bits per heavy atom. The first-order chi connectivity index (χ1) is 14.9. The number of methoxy groups -OCH3 is 1.